The molecular formula is C11H13BrO5. The highest BCUT2D eigenvalue weighted by Gasteiger charge is 2.34. The standard InChI is InChI=1S/C11H13BrO5/c1-16-10(14)8-6(12)4-3-5-7(13)9(8)11(15)17-2/h6H,3-5H2,1-2H3. The van der Waals surface area contributed by atoms with E-state index in [9.17, 15) is 14.4 Å². The number of carbonyl (C=O) groups excluding carboxylic acids is 3. The predicted molar refractivity (Wildman–Crippen MR) is 62.6 cm³/mol. The zero-order chi connectivity index (χ0) is 13.0. The van der Waals surface area contributed by atoms with Crippen LogP contribution in [0.4, 0.5) is 0 Å². The van der Waals surface area contributed by atoms with Gasteiger partial charge in [-0.3, -0.25) is 4.79 Å². The molecular weight excluding hydrogens is 292 g/mol. The molecule has 0 bridgehead atoms. The lowest BCUT2D eigenvalue weighted by Crippen LogP contribution is -2.23. The Hall–Kier alpha value is -1.17. The van der Waals surface area contributed by atoms with Gasteiger partial charge < -0.3 is 9.47 Å². The number of hydrogen-bond acceptors (Lipinski definition) is 5. The maximum Gasteiger partial charge on any atom is 0.342 e. The number of esters is 2. The first-order chi connectivity index (χ1) is 8.02. The van der Waals surface area contributed by atoms with Crippen LogP contribution in [0.1, 0.15) is 19.3 Å². The van der Waals surface area contributed by atoms with E-state index in [1.54, 1.807) is 0 Å². The Balaban J connectivity index is 3.33. The number of ether oxygens (including phenoxy) is 2. The third kappa shape index (κ3) is 2.94. The normalized spacial score (nSPS) is 20.9. The number of alkyl halides is 1. The van der Waals surface area contributed by atoms with Gasteiger partial charge in [0.05, 0.1) is 19.8 Å². The molecule has 0 aromatic rings. The summed E-state index contributed by atoms with van der Waals surface area (Å²) in [6.07, 6.45) is 1.43. The van der Waals surface area contributed by atoms with Crippen molar-refractivity contribution >= 4 is 33.7 Å². The fourth-order valence-electron chi connectivity index (χ4n) is 1.68. The van der Waals surface area contributed by atoms with Crippen LogP contribution in [0, 0.1) is 0 Å². The summed E-state index contributed by atoms with van der Waals surface area (Å²) in [5.41, 5.74) is -0.138. The van der Waals surface area contributed by atoms with E-state index in [1.807, 2.05) is 0 Å². The quantitative estimate of drug-likeness (QED) is 0.435. The summed E-state index contributed by atoms with van der Waals surface area (Å²) in [5, 5.41) is 0. The van der Waals surface area contributed by atoms with E-state index in [2.05, 4.69) is 25.4 Å². The Morgan fingerprint density at radius 1 is 1.24 bits per heavy atom. The van der Waals surface area contributed by atoms with Crippen molar-refractivity contribution in [3.05, 3.63) is 11.1 Å². The first kappa shape index (κ1) is 13.9. The molecule has 1 atom stereocenters. The predicted octanol–water partition coefficient (Wildman–Crippen LogP) is 1.15. The summed E-state index contributed by atoms with van der Waals surface area (Å²) in [5.74, 6) is -1.84. The second-order valence-electron chi connectivity index (χ2n) is 3.55. The molecule has 6 heteroatoms. The summed E-state index contributed by atoms with van der Waals surface area (Å²) in [4.78, 5) is 34.7. The SMILES string of the molecule is COC(=O)C1=C(C(=O)OC)C(Br)CCCC1=O. The summed E-state index contributed by atoms with van der Waals surface area (Å²) in [7, 11) is 2.38. The lowest BCUT2D eigenvalue weighted by molar-refractivity contribution is -0.140. The van der Waals surface area contributed by atoms with Gasteiger partial charge in [0, 0.05) is 11.2 Å². The number of methoxy groups -OCH3 is 2. The van der Waals surface area contributed by atoms with Crippen molar-refractivity contribution in [3.63, 3.8) is 0 Å². The van der Waals surface area contributed by atoms with Crippen molar-refractivity contribution < 1.29 is 23.9 Å². The summed E-state index contributed by atoms with van der Waals surface area (Å²) < 4.78 is 9.14. The van der Waals surface area contributed by atoms with Gasteiger partial charge in [-0.05, 0) is 12.8 Å². The molecule has 0 radical (unpaired) electrons. The molecule has 1 rings (SSSR count). The van der Waals surface area contributed by atoms with Gasteiger partial charge in [0.25, 0.3) is 0 Å². The zero-order valence-corrected chi connectivity index (χ0v) is 11.2. The van der Waals surface area contributed by atoms with Gasteiger partial charge in [-0.25, -0.2) is 9.59 Å². The molecule has 94 valence electrons. The highest BCUT2D eigenvalue weighted by atomic mass is 79.9. The maximum absolute atomic E-state index is 11.8. The van der Waals surface area contributed by atoms with E-state index in [0.717, 1.165) is 0 Å². The van der Waals surface area contributed by atoms with Gasteiger partial charge in [0.2, 0.25) is 0 Å². The Bertz CT molecular complexity index is 385. The van der Waals surface area contributed by atoms with Crippen LogP contribution in [0.2, 0.25) is 0 Å². The minimum atomic E-state index is -0.790. The Morgan fingerprint density at radius 3 is 2.35 bits per heavy atom. The van der Waals surface area contributed by atoms with Gasteiger partial charge in [0.15, 0.2) is 5.78 Å². The Morgan fingerprint density at radius 2 is 1.82 bits per heavy atom. The monoisotopic (exact) mass is 304 g/mol. The fourth-order valence-corrected chi connectivity index (χ4v) is 2.42. The smallest absolute Gasteiger partial charge is 0.342 e. The van der Waals surface area contributed by atoms with Gasteiger partial charge in [-0.1, -0.05) is 15.9 Å². The topological polar surface area (TPSA) is 69.7 Å². The first-order valence-electron chi connectivity index (χ1n) is 5.11. The third-order valence-corrected chi connectivity index (χ3v) is 3.43. The molecule has 0 aromatic carbocycles. The number of rotatable bonds is 2. The molecule has 0 amide bonds. The molecule has 0 spiro atoms. The lowest BCUT2D eigenvalue weighted by atomic mass is 10.0. The zero-order valence-electron chi connectivity index (χ0n) is 9.62. The van der Waals surface area contributed by atoms with Crippen LogP contribution in [0.15, 0.2) is 11.1 Å². The molecule has 0 heterocycles. The molecule has 0 saturated carbocycles. The molecule has 5 nitrogen and oxygen atoms in total. The van der Waals surface area contributed by atoms with Crippen LogP contribution in [-0.2, 0) is 23.9 Å². The fraction of sp³-hybridized carbons (Fsp3) is 0.545. The van der Waals surface area contributed by atoms with Crippen LogP contribution >= 0.6 is 15.9 Å². The van der Waals surface area contributed by atoms with Crippen molar-refractivity contribution in [1.29, 1.82) is 0 Å². The van der Waals surface area contributed by atoms with Crippen molar-refractivity contribution in [1.82, 2.24) is 0 Å². The molecule has 0 aromatic heterocycles. The molecule has 0 fully saturated rings. The molecule has 0 N–H and O–H groups in total. The van der Waals surface area contributed by atoms with Crippen molar-refractivity contribution in [2.75, 3.05) is 14.2 Å². The number of ketones is 1. The molecule has 0 aliphatic heterocycles. The minimum absolute atomic E-state index is 0.0573. The van der Waals surface area contributed by atoms with E-state index in [1.165, 1.54) is 14.2 Å². The van der Waals surface area contributed by atoms with Crippen LogP contribution in [0.25, 0.3) is 0 Å². The second-order valence-corrected chi connectivity index (χ2v) is 4.66. The van der Waals surface area contributed by atoms with E-state index in [-0.39, 0.29) is 28.2 Å². The van der Waals surface area contributed by atoms with Crippen LogP contribution in [0.5, 0.6) is 0 Å². The number of halogens is 1. The van der Waals surface area contributed by atoms with Crippen molar-refractivity contribution in [2.24, 2.45) is 0 Å². The van der Waals surface area contributed by atoms with E-state index < -0.39 is 11.9 Å². The maximum atomic E-state index is 11.8. The number of hydrogen-bond donors (Lipinski definition) is 0. The van der Waals surface area contributed by atoms with Gasteiger partial charge in [0.1, 0.15) is 5.57 Å². The Kier molecular flexibility index (Phi) is 4.86. The Labute approximate surface area is 107 Å². The third-order valence-electron chi connectivity index (χ3n) is 2.52. The summed E-state index contributed by atoms with van der Waals surface area (Å²) in [6, 6.07) is 0. The molecule has 1 aliphatic carbocycles. The molecule has 0 saturated heterocycles. The van der Waals surface area contributed by atoms with E-state index in [4.69, 9.17) is 0 Å². The van der Waals surface area contributed by atoms with Crippen molar-refractivity contribution in [3.8, 4) is 0 Å². The van der Waals surface area contributed by atoms with Gasteiger partial charge in [-0.15, -0.1) is 0 Å². The average molecular weight is 305 g/mol. The van der Waals surface area contributed by atoms with Gasteiger partial charge >= 0.3 is 11.9 Å². The minimum Gasteiger partial charge on any atom is -0.466 e. The van der Waals surface area contributed by atoms with Crippen LogP contribution in [0.3, 0.4) is 0 Å². The molecule has 17 heavy (non-hydrogen) atoms. The van der Waals surface area contributed by atoms with E-state index in [0.29, 0.717) is 12.8 Å². The summed E-state index contributed by atoms with van der Waals surface area (Å²) >= 11 is 3.29. The highest BCUT2D eigenvalue weighted by molar-refractivity contribution is 9.09. The van der Waals surface area contributed by atoms with Gasteiger partial charge in [-0.2, -0.15) is 0 Å². The molecule has 1 unspecified atom stereocenters. The lowest BCUT2D eigenvalue weighted by Gasteiger charge is -2.12. The van der Waals surface area contributed by atoms with Crippen LogP contribution in [-0.4, -0.2) is 36.8 Å². The largest absolute Gasteiger partial charge is 0.466 e. The van der Waals surface area contributed by atoms with Crippen LogP contribution < -0.4 is 0 Å². The van der Waals surface area contributed by atoms with E-state index >= 15 is 0 Å². The van der Waals surface area contributed by atoms with Crippen molar-refractivity contribution in [2.45, 2.75) is 24.1 Å². The average Bonchev–Trinajstić information content (AvgIpc) is 2.46. The second kappa shape index (κ2) is 5.95. The number of Topliss-reactive ketones (excluding diaryl/α,β-unsaturated/α-hetero) is 1. The molecule has 1 aliphatic rings. The highest BCUT2D eigenvalue weighted by Crippen LogP contribution is 2.28. The number of carbonyl (C=O) groups is 3. The summed E-state index contributed by atoms with van der Waals surface area (Å²) in [6.45, 7) is 0. The first-order valence-corrected chi connectivity index (χ1v) is 6.02.